The Labute approximate surface area is 192 Å². The first kappa shape index (κ1) is 25.8. The lowest BCUT2D eigenvalue weighted by Gasteiger charge is -2.19. The molecule has 178 valence electrons. The number of esters is 1. The Morgan fingerprint density at radius 2 is 1.55 bits per heavy atom. The van der Waals surface area contributed by atoms with Gasteiger partial charge in [-0.15, -0.1) is 0 Å². The molecule has 11 heteroatoms. The normalized spacial score (nSPS) is 11.6. The molecule has 0 heterocycles. The summed E-state index contributed by atoms with van der Waals surface area (Å²) < 4.78 is 35.7. The van der Waals surface area contributed by atoms with Crippen molar-refractivity contribution in [3.63, 3.8) is 0 Å². The van der Waals surface area contributed by atoms with Crippen LogP contribution in [0.4, 0.5) is 16.2 Å². The van der Waals surface area contributed by atoms with Gasteiger partial charge in [0, 0.05) is 25.5 Å². The maximum atomic E-state index is 12.3. The summed E-state index contributed by atoms with van der Waals surface area (Å²) in [5, 5.41) is 5.00. The fraction of sp³-hybridized carbons (Fsp3) is 0.318. The second kappa shape index (κ2) is 10.5. The highest BCUT2D eigenvalue weighted by Gasteiger charge is 2.19. The number of anilines is 2. The quantitative estimate of drug-likeness (QED) is 0.586. The largest absolute Gasteiger partial charge is 0.452 e. The lowest BCUT2D eigenvalue weighted by atomic mass is 10.2. The first-order valence-corrected chi connectivity index (χ1v) is 11.3. The highest BCUT2D eigenvalue weighted by atomic mass is 32.2. The number of sulfonamides is 1. The maximum absolute atomic E-state index is 12.3. The smallest absolute Gasteiger partial charge is 0.412 e. The van der Waals surface area contributed by atoms with Crippen LogP contribution in [0.15, 0.2) is 53.4 Å². The molecule has 0 radical (unpaired) electrons. The predicted molar refractivity (Wildman–Crippen MR) is 123 cm³/mol. The second-order valence-corrected chi connectivity index (χ2v) is 10.3. The average molecular weight is 478 g/mol. The van der Waals surface area contributed by atoms with Gasteiger partial charge in [0.1, 0.15) is 5.60 Å². The molecule has 0 saturated carbocycles. The van der Waals surface area contributed by atoms with Crippen LogP contribution in [0.3, 0.4) is 0 Å². The molecule has 0 aliphatic heterocycles. The van der Waals surface area contributed by atoms with Gasteiger partial charge in [0.25, 0.3) is 5.91 Å². The summed E-state index contributed by atoms with van der Waals surface area (Å²) in [5.41, 5.74) is 0.00415. The monoisotopic (exact) mass is 477 g/mol. The molecule has 0 aliphatic rings. The Kier molecular flexibility index (Phi) is 8.18. The number of carbonyl (C=O) groups excluding carboxylic acids is 3. The molecule has 0 unspecified atom stereocenters. The van der Waals surface area contributed by atoms with E-state index in [2.05, 4.69) is 10.6 Å². The molecule has 33 heavy (non-hydrogen) atoms. The highest BCUT2D eigenvalue weighted by molar-refractivity contribution is 7.89. The first-order valence-electron chi connectivity index (χ1n) is 9.87. The molecular formula is C22H27N3O7S. The Hall–Kier alpha value is -3.44. The highest BCUT2D eigenvalue weighted by Crippen LogP contribution is 2.18. The van der Waals surface area contributed by atoms with Gasteiger partial charge in [0.15, 0.2) is 6.61 Å². The molecule has 2 aromatic rings. The van der Waals surface area contributed by atoms with E-state index in [4.69, 9.17) is 9.47 Å². The molecule has 2 amide bonds. The summed E-state index contributed by atoms with van der Waals surface area (Å²) in [5.74, 6) is -1.42. The van der Waals surface area contributed by atoms with Crippen LogP contribution in [-0.2, 0) is 24.3 Å². The second-order valence-electron chi connectivity index (χ2n) is 8.15. The number of rotatable bonds is 7. The third kappa shape index (κ3) is 7.88. The Morgan fingerprint density at radius 1 is 0.939 bits per heavy atom. The zero-order valence-corrected chi connectivity index (χ0v) is 19.9. The minimum absolute atomic E-state index is 0.0107. The Morgan fingerprint density at radius 3 is 2.15 bits per heavy atom. The van der Waals surface area contributed by atoms with E-state index in [0.29, 0.717) is 5.69 Å². The van der Waals surface area contributed by atoms with Crippen molar-refractivity contribution in [1.29, 1.82) is 0 Å². The molecule has 2 N–H and O–H groups in total. The number of nitrogens with one attached hydrogen (secondary N) is 2. The summed E-state index contributed by atoms with van der Waals surface area (Å²) in [6.45, 7) is 4.59. The van der Waals surface area contributed by atoms with E-state index < -0.39 is 40.2 Å². The van der Waals surface area contributed by atoms with Crippen molar-refractivity contribution in [2.45, 2.75) is 31.3 Å². The van der Waals surface area contributed by atoms with E-state index in [0.717, 1.165) is 4.31 Å². The zero-order chi connectivity index (χ0) is 24.8. The van der Waals surface area contributed by atoms with Gasteiger partial charge < -0.3 is 14.8 Å². The van der Waals surface area contributed by atoms with Crippen LogP contribution in [0.2, 0.25) is 0 Å². The van der Waals surface area contributed by atoms with Crippen LogP contribution in [0, 0.1) is 0 Å². The summed E-state index contributed by atoms with van der Waals surface area (Å²) in [6.07, 6.45) is -0.675. The van der Waals surface area contributed by atoms with Gasteiger partial charge in [-0.05, 0) is 57.2 Å². The van der Waals surface area contributed by atoms with Crippen molar-refractivity contribution in [3.8, 4) is 0 Å². The first-order chi connectivity index (χ1) is 15.3. The molecule has 0 fully saturated rings. The van der Waals surface area contributed by atoms with Crippen LogP contribution >= 0.6 is 0 Å². The average Bonchev–Trinajstić information content (AvgIpc) is 2.70. The fourth-order valence-corrected chi connectivity index (χ4v) is 3.45. The van der Waals surface area contributed by atoms with Crippen molar-refractivity contribution < 1.29 is 32.3 Å². The molecule has 0 atom stereocenters. The number of carbonyl (C=O) groups is 3. The van der Waals surface area contributed by atoms with E-state index in [1.54, 1.807) is 32.9 Å². The summed E-state index contributed by atoms with van der Waals surface area (Å²) >= 11 is 0. The topological polar surface area (TPSA) is 131 Å². The van der Waals surface area contributed by atoms with E-state index >= 15 is 0 Å². The SMILES string of the molecule is CN(C)S(=O)(=O)c1cccc(NC(=O)COC(=O)c2cccc(NC(=O)OC(C)(C)C)c2)c1. The van der Waals surface area contributed by atoms with Gasteiger partial charge in [-0.25, -0.2) is 22.3 Å². The molecule has 2 rings (SSSR count). The lowest BCUT2D eigenvalue weighted by Crippen LogP contribution is -2.27. The fourth-order valence-electron chi connectivity index (χ4n) is 2.50. The number of hydrogen-bond donors (Lipinski definition) is 2. The van der Waals surface area contributed by atoms with Gasteiger partial charge in [0.05, 0.1) is 10.5 Å². The van der Waals surface area contributed by atoms with Crippen molar-refractivity contribution in [3.05, 3.63) is 54.1 Å². The van der Waals surface area contributed by atoms with Gasteiger partial charge >= 0.3 is 12.1 Å². The molecule has 0 saturated heterocycles. The predicted octanol–water partition coefficient (Wildman–Crippen LogP) is 3.08. The van der Waals surface area contributed by atoms with Crippen LogP contribution in [0.5, 0.6) is 0 Å². The number of benzene rings is 2. The van der Waals surface area contributed by atoms with E-state index in [1.807, 2.05) is 0 Å². The van der Waals surface area contributed by atoms with Crippen LogP contribution in [0.25, 0.3) is 0 Å². The minimum atomic E-state index is -3.66. The van der Waals surface area contributed by atoms with Crippen LogP contribution in [-0.4, -0.2) is 57.0 Å². The van der Waals surface area contributed by atoms with Crippen LogP contribution in [0.1, 0.15) is 31.1 Å². The molecule has 0 bridgehead atoms. The van der Waals surface area contributed by atoms with Crippen LogP contribution < -0.4 is 10.6 Å². The summed E-state index contributed by atoms with van der Waals surface area (Å²) in [6, 6.07) is 11.7. The van der Waals surface area contributed by atoms with Gasteiger partial charge in [-0.2, -0.15) is 0 Å². The summed E-state index contributed by atoms with van der Waals surface area (Å²) in [4.78, 5) is 36.4. The summed E-state index contributed by atoms with van der Waals surface area (Å²) in [7, 11) is -0.860. The third-order valence-corrected chi connectivity index (χ3v) is 5.79. The van der Waals surface area contributed by atoms with Gasteiger partial charge in [0.2, 0.25) is 10.0 Å². The van der Waals surface area contributed by atoms with E-state index in [1.165, 1.54) is 50.5 Å². The number of hydrogen-bond acceptors (Lipinski definition) is 7. The Balaban J connectivity index is 1.96. The van der Waals surface area contributed by atoms with Gasteiger partial charge in [-0.3, -0.25) is 10.1 Å². The van der Waals surface area contributed by atoms with Crippen molar-refractivity contribution in [2.24, 2.45) is 0 Å². The molecule has 0 aliphatic carbocycles. The molecule has 0 spiro atoms. The van der Waals surface area contributed by atoms with Crippen molar-refractivity contribution >= 4 is 39.4 Å². The number of nitrogens with zero attached hydrogens (tertiary/aromatic N) is 1. The standard InChI is InChI=1S/C22H27N3O7S/c1-22(2,3)32-21(28)24-16-9-6-8-15(12-16)20(27)31-14-19(26)23-17-10-7-11-18(13-17)33(29,30)25(4)5/h6-13H,14H2,1-5H3,(H,23,26)(H,24,28). The molecule has 2 aromatic carbocycles. The van der Waals surface area contributed by atoms with Gasteiger partial charge in [-0.1, -0.05) is 12.1 Å². The van der Waals surface area contributed by atoms with E-state index in [9.17, 15) is 22.8 Å². The molecule has 10 nitrogen and oxygen atoms in total. The lowest BCUT2D eigenvalue weighted by molar-refractivity contribution is -0.119. The number of amides is 2. The third-order valence-electron chi connectivity index (χ3n) is 3.97. The zero-order valence-electron chi connectivity index (χ0n) is 19.0. The maximum Gasteiger partial charge on any atom is 0.412 e. The minimum Gasteiger partial charge on any atom is -0.452 e. The number of ether oxygens (including phenoxy) is 2. The van der Waals surface area contributed by atoms with E-state index in [-0.39, 0.29) is 16.1 Å². The molecular weight excluding hydrogens is 450 g/mol. The molecule has 0 aromatic heterocycles. The van der Waals surface area contributed by atoms with Crippen molar-refractivity contribution in [1.82, 2.24) is 4.31 Å². The Bertz CT molecular complexity index is 1140. The van der Waals surface area contributed by atoms with Crippen molar-refractivity contribution in [2.75, 3.05) is 31.3 Å².